The molecule has 0 saturated carbocycles. The van der Waals surface area contributed by atoms with Gasteiger partial charge in [0.1, 0.15) is 5.60 Å². The van der Waals surface area contributed by atoms with Gasteiger partial charge in [-0.05, 0) is 19.3 Å². The number of allylic oxidation sites excluding steroid dienone is 1. The molecular weight excluding hydrogens is 124 g/mol. The molecule has 54 valence electrons. The summed E-state index contributed by atoms with van der Waals surface area (Å²) in [4.78, 5) is 0. The van der Waals surface area contributed by atoms with Crippen LogP contribution in [0.25, 0.3) is 0 Å². The summed E-state index contributed by atoms with van der Waals surface area (Å²) in [5, 5.41) is 0. The molecule has 0 aromatic carbocycles. The van der Waals surface area contributed by atoms with Crippen molar-refractivity contribution in [2.24, 2.45) is 0 Å². The van der Waals surface area contributed by atoms with E-state index in [0.717, 1.165) is 6.61 Å². The van der Waals surface area contributed by atoms with Crippen LogP contribution in [0, 0.1) is 0 Å². The molecule has 0 bridgehead atoms. The average molecular weight is 136 g/mol. The van der Waals surface area contributed by atoms with Crippen molar-refractivity contribution < 1.29 is 4.74 Å². The van der Waals surface area contributed by atoms with Crippen LogP contribution in [-0.2, 0) is 4.74 Å². The number of rotatable bonds is 0. The molecule has 1 unspecified atom stereocenters. The maximum absolute atomic E-state index is 5.58. The lowest BCUT2D eigenvalue weighted by atomic mass is 9.91. The summed E-state index contributed by atoms with van der Waals surface area (Å²) >= 11 is 0. The number of hydrogen-bond acceptors (Lipinski definition) is 1. The second kappa shape index (κ2) is 2.24. The van der Waals surface area contributed by atoms with E-state index in [2.05, 4.69) is 24.3 Å². The van der Waals surface area contributed by atoms with Gasteiger partial charge in [-0.15, -0.1) is 0 Å². The molecular formula is C9H12O. The van der Waals surface area contributed by atoms with Gasteiger partial charge in [-0.25, -0.2) is 0 Å². The number of hydrogen-bond donors (Lipinski definition) is 0. The summed E-state index contributed by atoms with van der Waals surface area (Å²) in [6.07, 6.45) is 12.4. The van der Waals surface area contributed by atoms with E-state index in [0.29, 0.717) is 0 Å². The molecule has 1 spiro atoms. The highest BCUT2D eigenvalue weighted by Gasteiger charge is 2.28. The van der Waals surface area contributed by atoms with Crippen molar-refractivity contribution in [1.82, 2.24) is 0 Å². The molecule has 10 heavy (non-hydrogen) atoms. The molecule has 1 heterocycles. The quantitative estimate of drug-likeness (QED) is 0.463. The Hall–Kier alpha value is -0.560. The second-order valence-electron chi connectivity index (χ2n) is 2.96. The zero-order chi connectivity index (χ0) is 6.86. The molecule has 0 aromatic heterocycles. The van der Waals surface area contributed by atoms with Gasteiger partial charge in [0.2, 0.25) is 0 Å². The molecule has 0 saturated heterocycles. The first-order valence-corrected chi connectivity index (χ1v) is 3.91. The van der Waals surface area contributed by atoms with E-state index in [1.807, 2.05) is 0 Å². The summed E-state index contributed by atoms with van der Waals surface area (Å²) in [5.74, 6) is 0. The lowest BCUT2D eigenvalue weighted by molar-refractivity contribution is 0.0537. The first-order valence-electron chi connectivity index (χ1n) is 3.91. The molecule has 0 aromatic rings. The van der Waals surface area contributed by atoms with Gasteiger partial charge < -0.3 is 4.74 Å². The fourth-order valence-corrected chi connectivity index (χ4v) is 1.62. The molecule has 2 rings (SSSR count). The van der Waals surface area contributed by atoms with Crippen LogP contribution in [0.5, 0.6) is 0 Å². The lowest BCUT2D eigenvalue weighted by Crippen LogP contribution is -2.25. The fraction of sp³-hybridized carbons (Fsp3) is 0.556. The smallest absolute Gasteiger partial charge is 0.105 e. The molecule has 0 fully saturated rings. The highest BCUT2D eigenvalue weighted by molar-refractivity contribution is 5.20. The van der Waals surface area contributed by atoms with Crippen LogP contribution in [-0.4, -0.2) is 12.2 Å². The zero-order valence-electron chi connectivity index (χ0n) is 6.05. The van der Waals surface area contributed by atoms with Crippen LogP contribution in [0.1, 0.15) is 19.3 Å². The van der Waals surface area contributed by atoms with E-state index < -0.39 is 0 Å². The third-order valence-corrected chi connectivity index (χ3v) is 2.19. The first-order chi connectivity index (χ1) is 4.91. The first kappa shape index (κ1) is 6.17. The van der Waals surface area contributed by atoms with E-state index in [-0.39, 0.29) is 5.60 Å². The van der Waals surface area contributed by atoms with Crippen molar-refractivity contribution in [2.75, 3.05) is 6.61 Å². The molecule has 1 nitrogen and oxygen atoms in total. The fourth-order valence-electron chi connectivity index (χ4n) is 1.62. The minimum atomic E-state index is 0.0122. The molecule has 1 atom stereocenters. The number of ether oxygens (including phenoxy) is 1. The Kier molecular flexibility index (Phi) is 1.38. The molecule has 0 radical (unpaired) electrons. The van der Waals surface area contributed by atoms with Crippen molar-refractivity contribution in [3.8, 4) is 0 Å². The van der Waals surface area contributed by atoms with E-state index in [4.69, 9.17) is 4.74 Å². The van der Waals surface area contributed by atoms with E-state index in [1.54, 1.807) is 0 Å². The predicted molar refractivity (Wildman–Crippen MR) is 40.8 cm³/mol. The summed E-state index contributed by atoms with van der Waals surface area (Å²) in [5.41, 5.74) is 0.0122. The summed E-state index contributed by atoms with van der Waals surface area (Å²) in [6, 6.07) is 0. The van der Waals surface area contributed by atoms with Gasteiger partial charge in [-0.1, -0.05) is 24.3 Å². The van der Waals surface area contributed by atoms with Crippen molar-refractivity contribution in [3.63, 3.8) is 0 Å². The highest BCUT2D eigenvalue weighted by atomic mass is 16.5. The van der Waals surface area contributed by atoms with Crippen LogP contribution < -0.4 is 0 Å². The molecule has 1 aliphatic carbocycles. The van der Waals surface area contributed by atoms with Crippen LogP contribution in [0.2, 0.25) is 0 Å². The summed E-state index contributed by atoms with van der Waals surface area (Å²) in [7, 11) is 0. The Balaban J connectivity index is 2.20. The van der Waals surface area contributed by atoms with Crippen LogP contribution in [0.3, 0.4) is 0 Å². The average Bonchev–Trinajstić information content (AvgIpc) is 2.39. The maximum Gasteiger partial charge on any atom is 0.105 e. The minimum Gasteiger partial charge on any atom is -0.363 e. The van der Waals surface area contributed by atoms with Crippen LogP contribution in [0.15, 0.2) is 24.3 Å². The highest BCUT2D eigenvalue weighted by Crippen LogP contribution is 2.30. The van der Waals surface area contributed by atoms with Gasteiger partial charge in [-0.2, -0.15) is 0 Å². The van der Waals surface area contributed by atoms with Crippen molar-refractivity contribution in [3.05, 3.63) is 24.3 Å². The predicted octanol–water partition coefficient (Wildman–Crippen LogP) is 2.05. The summed E-state index contributed by atoms with van der Waals surface area (Å²) in [6.45, 7) is 0.796. The molecule has 1 heteroatoms. The van der Waals surface area contributed by atoms with Crippen molar-refractivity contribution in [2.45, 2.75) is 24.9 Å². The largest absolute Gasteiger partial charge is 0.363 e. The third-order valence-electron chi connectivity index (χ3n) is 2.19. The minimum absolute atomic E-state index is 0.0122. The van der Waals surface area contributed by atoms with Crippen molar-refractivity contribution >= 4 is 0 Å². The standard InChI is InChI=1S/C9H12O/c1-2-5-9(6-3-1)7-4-8-10-9/h2,4-5,7H,1,3,6,8H2. The summed E-state index contributed by atoms with van der Waals surface area (Å²) < 4.78 is 5.58. The molecule has 1 aliphatic heterocycles. The Morgan fingerprint density at radius 2 is 2.10 bits per heavy atom. The maximum atomic E-state index is 5.58. The second-order valence-corrected chi connectivity index (χ2v) is 2.96. The molecule has 0 amide bonds. The van der Waals surface area contributed by atoms with E-state index in [1.165, 1.54) is 19.3 Å². The van der Waals surface area contributed by atoms with Gasteiger partial charge in [-0.3, -0.25) is 0 Å². The topological polar surface area (TPSA) is 9.23 Å². The monoisotopic (exact) mass is 136 g/mol. The van der Waals surface area contributed by atoms with E-state index >= 15 is 0 Å². The Bertz CT molecular complexity index is 181. The Morgan fingerprint density at radius 1 is 1.20 bits per heavy atom. The Morgan fingerprint density at radius 3 is 2.70 bits per heavy atom. The lowest BCUT2D eigenvalue weighted by Gasteiger charge is -2.25. The molecule has 2 aliphatic rings. The van der Waals surface area contributed by atoms with E-state index in [9.17, 15) is 0 Å². The molecule has 0 N–H and O–H groups in total. The zero-order valence-corrected chi connectivity index (χ0v) is 6.05. The van der Waals surface area contributed by atoms with Crippen molar-refractivity contribution in [1.29, 1.82) is 0 Å². The van der Waals surface area contributed by atoms with Gasteiger partial charge in [0.05, 0.1) is 6.61 Å². The van der Waals surface area contributed by atoms with Gasteiger partial charge >= 0.3 is 0 Å². The van der Waals surface area contributed by atoms with Gasteiger partial charge in [0.15, 0.2) is 0 Å². The van der Waals surface area contributed by atoms with Gasteiger partial charge in [0, 0.05) is 0 Å². The Labute approximate surface area is 61.4 Å². The van der Waals surface area contributed by atoms with Gasteiger partial charge in [0.25, 0.3) is 0 Å². The van der Waals surface area contributed by atoms with Crippen LogP contribution in [0.4, 0.5) is 0 Å². The third kappa shape index (κ3) is 0.907. The SMILES string of the molecule is C1=CC2(C=CCO2)CCC1. The van der Waals surface area contributed by atoms with Crippen LogP contribution >= 0.6 is 0 Å². The normalized spacial score (nSPS) is 37.6.